The summed E-state index contributed by atoms with van der Waals surface area (Å²) in [5.74, 6) is 8.34. The molecule has 5 nitrogen and oxygen atoms in total. The Balaban J connectivity index is 1.85. The third-order valence-electron chi connectivity index (χ3n) is 4.90. The van der Waals surface area contributed by atoms with Crippen LogP contribution in [0.15, 0.2) is 83.8 Å². The fraction of sp³-hybridized carbons (Fsp3) is 0.148. The fourth-order valence-electron chi connectivity index (χ4n) is 3.17. The first-order chi connectivity index (χ1) is 16.0. The number of terminal acetylenes is 1. The Morgan fingerprint density at radius 1 is 0.909 bits per heavy atom. The highest BCUT2D eigenvalue weighted by molar-refractivity contribution is 7.89. The molecule has 0 radical (unpaired) electrons. The van der Waals surface area contributed by atoms with Gasteiger partial charge >= 0.3 is 0 Å². The van der Waals surface area contributed by atoms with Gasteiger partial charge in [-0.15, -0.1) is 6.42 Å². The third-order valence-corrected chi connectivity index (χ3v) is 6.71. The molecule has 33 heavy (non-hydrogen) atoms. The van der Waals surface area contributed by atoms with Crippen LogP contribution in [0.5, 0.6) is 0 Å². The summed E-state index contributed by atoms with van der Waals surface area (Å²) in [5, 5.41) is 9.72. The van der Waals surface area contributed by atoms with Gasteiger partial charge in [-0.2, -0.15) is 9.57 Å². The van der Waals surface area contributed by atoms with Crippen molar-refractivity contribution in [1.29, 1.82) is 5.26 Å². The predicted molar refractivity (Wildman–Crippen MR) is 130 cm³/mol. The molecule has 0 spiro atoms. The molecule has 3 aromatic rings. The lowest BCUT2D eigenvalue weighted by atomic mass is 10.1. The van der Waals surface area contributed by atoms with Crippen LogP contribution in [0.25, 0.3) is 0 Å². The summed E-state index contributed by atoms with van der Waals surface area (Å²) in [6.45, 7) is 2.13. The molecule has 0 heterocycles. The summed E-state index contributed by atoms with van der Waals surface area (Å²) < 4.78 is 27.2. The molecule has 3 rings (SSSR count). The van der Waals surface area contributed by atoms with Crippen LogP contribution in [-0.4, -0.2) is 25.8 Å². The lowest BCUT2D eigenvalue weighted by Gasteiger charge is -2.18. The van der Waals surface area contributed by atoms with Crippen molar-refractivity contribution in [3.8, 4) is 30.4 Å². The summed E-state index contributed by atoms with van der Waals surface area (Å²) in [4.78, 5) is 1.73. The van der Waals surface area contributed by atoms with Crippen molar-refractivity contribution in [1.82, 2.24) is 4.31 Å². The Kier molecular flexibility index (Phi) is 7.90. The summed E-state index contributed by atoms with van der Waals surface area (Å²) in [6, 6.07) is 23.6. The molecule has 0 aliphatic heterocycles. The molecule has 0 fully saturated rings. The predicted octanol–water partition coefficient (Wildman–Crippen LogP) is 4.16. The number of hydrogen-bond donors (Lipinski definition) is 0. The Morgan fingerprint density at radius 3 is 2.24 bits per heavy atom. The highest BCUT2D eigenvalue weighted by Crippen LogP contribution is 2.21. The fourth-order valence-corrected chi connectivity index (χ4v) is 4.42. The van der Waals surface area contributed by atoms with Crippen LogP contribution < -0.4 is 4.90 Å². The monoisotopic (exact) mass is 453 g/mol. The van der Waals surface area contributed by atoms with Crippen LogP contribution in [0.4, 0.5) is 5.69 Å². The molecule has 0 saturated carbocycles. The molecule has 0 aliphatic rings. The zero-order valence-corrected chi connectivity index (χ0v) is 19.1. The summed E-state index contributed by atoms with van der Waals surface area (Å²) >= 11 is 0. The number of sulfonamides is 1. The van der Waals surface area contributed by atoms with Gasteiger partial charge in [0, 0.05) is 5.56 Å². The minimum atomic E-state index is -3.78. The smallest absolute Gasteiger partial charge is 0.244 e. The van der Waals surface area contributed by atoms with E-state index in [9.17, 15) is 13.7 Å². The number of rotatable bonds is 7. The molecule has 6 heteroatoms. The second-order valence-electron chi connectivity index (χ2n) is 7.28. The first kappa shape index (κ1) is 23.6. The van der Waals surface area contributed by atoms with Crippen molar-refractivity contribution in [2.45, 2.75) is 18.4 Å². The van der Waals surface area contributed by atoms with E-state index in [1.165, 1.54) is 4.31 Å². The van der Waals surface area contributed by atoms with Gasteiger partial charge in [0.15, 0.2) is 6.19 Å². The maximum atomic E-state index is 13.0. The second kappa shape index (κ2) is 11.0. The number of aryl methyl sites for hydroxylation is 1. The topological polar surface area (TPSA) is 64.4 Å². The quantitative estimate of drug-likeness (QED) is 0.306. The van der Waals surface area contributed by atoms with E-state index in [0.29, 0.717) is 17.8 Å². The van der Waals surface area contributed by atoms with E-state index in [4.69, 9.17) is 6.42 Å². The van der Waals surface area contributed by atoms with Crippen LogP contribution >= 0.6 is 0 Å². The molecular weight excluding hydrogens is 430 g/mol. The van der Waals surface area contributed by atoms with Crippen molar-refractivity contribution in [2.75, 3.05) is 18.0 Å². The number of anilines is 1. The first-order valence-electron chi connectivity index (χ1n) is 10.2. The van der Waals surface area contributed by atoms with Crippen LogP contribution in [0.1, 0.15) is 16.7 Å². The first-order valence-corrected chi connectivity index (χ1v) is 11.7. The number of nitrogens with zero attached hydrogens (tertiary/aromatic N) is 3. The lowest BCUT2D eigenvalue weighted by molar-refractivity contribution is 0.482. The van der Waals surface area contributed by atoms with E-state index in [-0.39, 0.29) is 18.0 Å². The molecule has 0 atom stereocenters. The van der Waals surface area contributed by atoms with Crippen molar-refractivity contribution < 1.29 is 8.42 Å². The van der Waals surface area contributed by atoms with Gasteiger partial charge in [-0.25, -0.2) is 8.42 Å². The number of hydrogen-bond acceptors (Lipinski definition) is 4. The maximum Gasteiger partial charge on any atom is 0.244 e. The molecule has 0 bridgehead atoms. The van der Waals surface area contributed by atoms with Gasteiger partial charge in [-0.05, 0) is 36.8 Å². The molecule has 0 N–H and O–H groups in total. The SMILES string of the molecule is C#CCN(CC#Cc1ccccc1N(C#N)Cc1ccccc1)S(=O)(=O)c1ccc(C)cc1. The molecule has 0 amide bonds. The van der Waals surface area contributed by atoms with Gasteiger partial charge in [0.2, 0.25) is 10.0 Å². The highest BCUT2D eigenvalue weighted by atomic mass is 32.2. The lowest BCUT2D eigenvalue weighted by Crippen LogP contribution is -2.32. The molecular formula is C27H23N3O2S. The van der Waals surface area contributed by atoms with Crippen LogP contribution in [0, 0.1) is 42.6 Å². The molecule has 0 unspecified atom stereocenters. The Morgan fingerprint density at radius 2 is 1.58 bits per heavy atom. The molecule has 0 saturated heterocycles. The Labute approximate surface area is 196 Å². The second-order valence-corrected chi connectivity index (χ2v) is 9.22. The zero-order valence-electron chi connectivity index (χ0n) is 18.3. The van der Waals surface area contributed by atoms with Gasteiger partial charge in [0.05, 0.1) is 30.2 Å². The summed E-state index contributed by atoms with van der Waals surface area (Å²) in [6.07, 6.45) is 7.63. The Hall–Kier alpha value is -4.02. The van der Waals surface area contributed by atoms with E-state index >= 15 is 0 Å². The van der Waals surface area contributed by atoms with E-state index in [0.717, 1.165) is 11.1 Å². The average molecular weight is 454 g/mol. The van der Waals surface area contributed by atoms with Crippen molar-refractivity contribution in [3.63, 3.8) is 0 Å². The van der Waals surface area contributed by atoms with E-state index in [1.807, 2.05) is 55.5 Å². The average Bonchev–Trinajstić information content (AvgIpc) is 2.83. The zero-order chi connectivity index (χ0) is 23.7. The van der Waals surface area contributed by atoms with E-state index in [2.05, 4.69) is 24.0 Å². The van der Waals surface area contributed by atoms with Crippen LogP contribution in [-0.2, 0) is 16.6 Å². The standard InChI is InChI=1S/C27H23N3O2S/c1-3-19-30(33(31,32)26-17-15-23(2)16-18-26)20-9-13-25-12-7-8-14-27(25)29(22-28)21-24-10-5-4-6-11-24/h1,4-8,10-12,14-18H,19-21H2,2H3. The minimum Gasteiger partial charge on any atom is -0.274 e. The molecule has 0 aromatic heterocycles. The van der Waals surface area contributed by atoms with Gasteiger partial charge in [0.1, 0.15) is 0 Å². The maximum absolute atomic E-state index is 13.0. The summed E-state index contributed by atoms with van der Waals surface area (Å²) in [7, 11) is -3.78. The van der Waals surface area contributed by atoms with Gasteiger partial charge < -0.3 is 0 Å². The number of benzene rings is 3. The molecule has 164 valence electrons. The van der Waals surface area contributed by atoms with E-state index < -0.39 is 10.0 Å². The highest BCUT2D eigenvalue weighted by Gasteiger charge is 2.22. The van der Waals surface area contributed by atoms with Crippen LogP contribution in [0.3, 0.4) is 0 Å². The van der Waals surface area contributed by atoms with Crippen LogP contribution in [0.2, 0.25) is 0 Å². The van der Waals surface area contributed by atoms with Gasteiger partial charge in [-0.3, -0.25) is 4.90 Å². The largest absolute Gasteiger partial charge is 0.274 e. The number of para-hydroxylation sites is 1. The molecule has 0 aliphatic carbocycles. The Bertz CT molecular complexity index is 1340. The molecule has 3 aromatic carbocycles. The summed E-state index contributed by atoms with van der Waals surface area (Å²) in [5.41, 5.74) is 3.24. The van der Waals surface area contributed by atoms with Crippen molar-refractivity contribution in [3.05, 3.63) is 95.6 Å². The van der Waals surface area contributed by atoms with Crippen molar-refractivity contribution >= 4 is 15.7 Å². The number of nitriles is 1. The van der Waals surface area contributed by atoms with Gasteiger partial charge in [-0.1, -0.05) is 77.9 Å². The van der Waals surface area contributed by atoms with Crippen molar-refractivity contribution in [2.24, 2.45) is 0 Å². The minimum absolute atomic E-state index is 0.0695. The van der Waals surface area contributed by atoms with Gasteiger partial charge in [0.25, 0.3) is 0 Å². The third kappa shape index (κ3) is 6.03. The normalized spacial score (nSPS) is 10.5. The van der Waals surface area contributed by atoms with E-state index in [1.54, 1.807) is 35.2 Å².